The lowest BCUT2D eigenvalue weighted by Gasteiger charge is -2.31. The van der Waals surface area contributed by atoms with E-state index in [0.29, 0.717) is 12.2 Å². The molecule has 1 amide bonds. The zero-order valence-electron chi connectivity index (χ0n) is 12.9. The number of nitrogens with one attached hydrogen (secondary N) is 1. The van der Waals surface area contributed by atoms with Gasteiger partial charge in [0.15, 0.2) is 4.96 Å². The van der Waals surface area contributed by atoms with Crippen LogP contribution in [-0.2, 0) is 6.54 Å². The summed E-state index contributed by atoms with van der Waals surface area (Å²) < 4.78 is 3.84. The Labute approximate surface area is 132 Å². The Morgan fingerprint density at radius 2 is 2.23 bits per heavy atom. The van der Waals surface area contributed by atoms with E-state index < -0.39 is 0 Å². The van der Waals surface area contributed by atoms with E-state index in [-0.39, 0.29) is 17.4 Å². The van der Waals surface area contributed by atoms with Crippen molar-refractivity contribution in [2.75, 3.05) is 0 Å². The van der Waals surface area contributed by atoms with Gasteiger partial charge in [-0.05, 0) is 5.41 Å². The third kappa shape index (κ3) is 3.04. The first kappa shape index (κ1) is 14.8. The predicted octanol–water partition coefficient (Wildman–Crippen LogP) is 2.44. The average molecular weight is 317 g/mol. The van der Waals surface area contributed by atoms with Crippen molar-refractivity contribution >= 4 is 22.2 Å². The molecule has 7 heteroatoms. The van der Waals surface area contributed by atoms with Gasteiger partial charge in [0, 0.05) is 36.7 Å². The van der Waals surface area contributed by atoms with E-state index in [1.165, 1.54) is 11.3 Å². The van der Waals surface area contributed by atoms with Crippen LogP contribution in [0.5, 0.6) is 0 Å². The summed E-state index contributed by atoms with van der Waals surface area (Å²) in [6, 6.07) is -0.0195. The second-order valence-electron chi connectivity index (χ2n) is 6.37. The van der Waals surface area contributed by atoms with Crippen molar-refractivity contribution in [2.24, 2.45) is 5.41 Å². The van der Waals surface area contributed by atoms with Crippen LogP contribution in [0.3, 0.4) is 0 Å². The zero-order chi connectivity index (χ0) is 15.7. The molecule has 3 rings (SSSR count). The molecular weight excluding hydrogens is 298 g/mol. The number of carbonyl (C=O) groups excluding carboxylic acids is 1. The third-order valence-corrected chi connectivity index (χ3v) is 4.40. The highest BCUT2D eigenvalue weighted by atomic mass is 32.1. The molecule has 0 unspecified atom stereocenters. The Morgan fingerprint density at radius 3 is 2.86 bits per heavy atom. The maximum atomic E-state index is 12.5. The molecule has 3 aromatic rings. The standard InChI is InChI=1S/C15H19N5OS/c1-15(2,3)12(9-19-5-4-16-10-19)18-13(21)11-8-20-6-7-22-14(20)17-11/h4-8,10,12H,9H2,1-3H3,(H,18,21)/t12-/m0/s1. The molecule has 1 atom stereocenters. The van der Waals surface area contributed by atoms with Crippen molar-refractivity contribution in [3.63, 3.8) is 0 Å². The first-order valence-corrected chi connectivity index (χ1v) is 8.00. The summed E-state index contributed by atoms with van der Waals surface area (Å²) in [4.78, 5) is 21.7. The Morgan fingerprint density at radius 1 is 1.41 bits per heavy atom. The van der Waals surface area contributed by atoms with Gasteiger partial charge in [-0.25, -0.2) is 9.97 Å². The number of amides is 1. The fourth-order valence-corrected chi connectivity index (χ4v) is 2.91. The fraction of sp³-hybridized carbons (Fsp3) is 0.400. The van der Waals surface area contributed by atoms with E-state index in [4.69, 9.17) is 0 Å². The third-order valence-electron chi connectivity index (χ3n) is 3.63. The number of thiazole rings is 1. The number of fused-ring (bicyclic) bond motifs is 1. The molecule has 0 aliphatic heterocycles. The molecule has 0 aliphatic carbocycles. The normalized spacial score (nSPS) is 13.4. The predicted molar refractivity (Wildman–Crippen MR) is 86.0 cm³/mol. The summed E-state index contributed by atoms with van der Waals surface area (Å²) in [7, 11) is 0. The van der Waals surface area contributed by atoms with Crippen molar-refractivity contribution in [3.8, 4) is 0 Å². The molecule has 22 heavy (non-hydrogen) atoms. The molecule has 0 fully saturated rings. The van der Waals surface area contributed by atoms with Crippen molar-refractivity contribution in [1.29, 1.82) is 0 Å². The maximum absolute atomic E-state index is 12.5. The minimum absolute atomic E-state index is 0.0195. The largest absolute Gasteiger partial charge is 0.346 e. The lowest BCUT2D eigenvalue weighted by atomic mass is 9.86. The highest BCUT2D eigenvalue weighted by molar-refractivity contribution is 7.15. The topological polar surface area (TPSA) is 64.2 Å². The number of hydrogen-bond acceptors (Lipinski definition) is 4. The number of hydrogen-bond donors (Lipinski definition) is 1. The second kappa shape index (κ2) is 5.57. The summed E-state index contributed by atoms with van der Waals surface area (Å²) >= 11 is 1.51. The molecule has 0 saturated carbocycles. The van der Waals surface area contributed by atoms with Crippen LogP contribution in [-0.4, -0.2) is 30.9 Å². The van der Waals surface area contributed by atoms with Gasteiger partial charge in [0.2, 0.25) is 0 Å². The van der Waals surface area contributed by atoms with Crippen molar-refractivity contribution in [2.45, 2.75) is 33.4 Å². The van der Waals surface area contributed by atoms with Gasteiger partial charge in [-0.1, -0.05) is 20.8 Å². The Bertz CT molecular complexity index is 737. The van der Waals surface area contributed by atoms with E-state index in [2.05, 4.69) is 36.1 Å². The first-order valence-electron chi connectivity index (χ1n) is 7.12. The Kier molecular flexibility index (Phi) is 3.74. The molecule has 6 nitrogen and oxygen atoms in total. The Hall–Kier alpha value is -2.15. The molecular formula is C15H19N5OS. The van der Waals surface area contributed by atoms with Crippen LogP contribution in [0.1, 0.15) is 31.3 Å². The van der Waals surface area contributed by atoms with Crippen LogP contribution in [0.25, 0.3) is 4.96 Å². The first-order chi connectivity index (χ1) is 10.4. The second-order valence-corrected chi connectivity index (χ2v) is 7.24. The maximum Gasteiger partial charge on any atom is 0.271 e. The van der Waals surface area contributed by atoms with E-state index in [0.717, 1.165) is 4.96 Å². The highest BCUT2D eigenvalue weighted by Gasteiger charge is 2.27. The van der Waals surface area contributed by atoms with E-state index in [1.807, 2.05) is 26.7 Å². The van der Waals surface area contributed by atoms with Gasteiger partial charge < -0.3 is 9.88 Å². The van der Waals surface area contributed by atoms with Gasteiger partial charge in [0.25, 0.3) is 5.91 Å². The fourth-order valence-electron chi connectivity index (χ4n) is 2.21. The van der Waals surface area contributed by atoms with Crippen LogP contribution in [0.15, 0.2) is 36.5 Å². The molecule has 0 aliphatic rings. The minimum Gasteiger partial charge on any atom is -0.346 e. The van der Waals surface area contributed by atoms with Gasteiger partial charge in [-0.2, -0.15) is 0 Å². The summed E-state index contributed by atoms with van der Waals surface area (Å²) in [6.45, 7) is 7.01. The molecule has 3 heterocycles. The molecule has 0 saturated heterocycles. The SMILES string of the molecule is CC(C)(C)[C@H](Cn1ccnc1)NC(=O)c1cn2ccsc2n1. The number of imidazole rings is 2. The van der Waals surface area contributed by atoms with Crippen molar-refractivity contribution in [1.82, 2.24) is 24.3 Å². The van der Waals surface area contributed by atoms with Crippen molar-refractivity contribution in [3.05, 3.63) is 42.2 Å². The van der Waals surface area contributed by atoms with Crippen LogP contribution >= 0.6 is 11.3 Å². The van der Waals surface area contributed by atoms with Gasteiger partial charge in [0.05, 0.1) is 12.4 Å². The van der Waals surface area contributed by atoms with Crippen LogP contribution in [0, 0.1) is 5.41 Å². The Balaban J connectivity index is 1.77. The van der Waals surface area contributed by atoms with Crippen LogP contribution < -0.4 is 5.32 Å². The lowest BCUT2D eigenvalue weighted by molar-refractivity contribution is 0.0888. The zero-order valence-corrected chi connectivity index (χ0v) is 13.7. The smallest absolute Gasteiger partial charge is 0.271 e. The lowest BCUT2D eigenvalue weighted by Crippen LogP contribution is -2.46. The van der Waals surface area contributed by atoms with Gasteiger partial charge in [-0.15, -0.1) is 11.3 Å². The number of nitrogens with zero attached hydrogens (tertiary/aromatic N) is 4. The van der Waals surface area contributed by atoms with E-state index >= 15 is 0 Å². The number of aromatic nitrogens is 4. The molecule has 0 spiro atoms. The molecule has 1 N–H and O–H groups in total. The quantitative estimate of drug-likeness (QED) is 0.804. The molecule has 0 aromatic carbocycles. The summed E-state index contributed by atoms with van der Waals surface area (Å²) in [5.41, 5.74) is 0.378. The molecule has 0 bridgehead atoms. The number of carbonyl (C=O) groups is 1. The van der Waals surface area contributed by atoms with Crippen LogP contribution in [0.4, 0.5) is 0 Å². The molecule has 116 valence electrons. The van der Waals surface area contributed by atoms with Gasteiger partial charge in [-0.3, -0.25) is 9.20 Å². The highest BCUT2D eigenvalue weighted by Crippen LogP contribution is 2.21. The minimum atomic E-state index is -0.143. The van der Waals surface area contributed by atoms with E-state index in [1.54, 1.807) is 18.7 Å². The summed E-state index contributed by atoms with van der Waals surface area (Å²) in [5.74, 6) is -0.143. The van der Waals surface area contributed by atoms with Crippen LogP contribution in [0.2, 0.25) is 0 Å². The van der Waals surface area contributed by atoms with Crippen molar-refractivity contribution < 1.29 is 4.79 Å². The average Bonchev–Trinajstić information content (AvgIpc) is 3.12. The molecule has 0 radical (unpaired) electrons. The van der Waals surface area contributed by atoms with E-state index in [9.17, 15) is 4.79 Å². The summed E-state index contributed by atoms with van der Waals surface area (Å²) in [6.07, 6.45) is 9.06. The monoisotopic (exact) mass is 317 g/mol. The van der Waals surface area contributed by atoms with Gasteiger partial charge >= 0.3 is 0 Å². The molecule has 3 aromatic heterocycles. The summed E-state index contributed by atoms with van der Waals surface area (Å²) in [5, 5.41) is 5.05. The number of rotatable bonds is 4. The van der Waals surface area contributed by atoms with Gasteiger partial charge in [0.1, 0.15) is 5.69 Å².